The molecule has 0 aromatic heterocycles. The molecule has 1 atom stereocenters. The van der Waals surface area contributed by atoms with Crippen molar-refractivity contribution in [2.24, 2.45) is 0 Å². The maximum absolute atomic E-state index is 13.0. The molecule has 0 aliphatic carbocycles. The molecule has 12 heavy (non-hydrogen) atoms. The van der Waals surface area contributed by atoms with Gasteiger partial charge in [-0.3, -0.25) is 0 Å². The molecule has 0 heterocycles. The van der Waals surface area contributed by atoms with E-state index in [9.17, 15) is 4.39 Å². The fourth-order valence-corrected chi connectivity index (χ4v) is 1.35. The van der Waals surface area contributed by atoms with Crippen LogP contribution in [0.2, 0.25) is 5.02 Å². The van der Waals surface area contributed by atoms with Crippen LogP contribution in [-0.4, -0.2) is 5.11 Å². The zero-order chi connectivity index (χ0) is 9.30. The second kappa shape index (κ2) is 3.73. The summed E-state index contributed by atoms with van der Waals surface area (Å²) in [5, 5.41) is 9.50. The van der Waals surface area contributed by atoms with Gasteiger partial charge in [-0.25, -0.2) is 4.39 Å². The van der Waals surface area contributed by atoms with Crippen LogP contribution in [-0.2, 0) is 0 Å². The van der Waals surface area contributed by atoms with Crippen molar-refractivity contribution < 1.29 is 9.50 Å². The lowest BCUT2D eigenvalue weighted by atomic mass is 10.1. The Bertz CT molecular complexity index is 301. The fourth-order valence-electron chi connectivity index (χ4n) is 0.858. The monoisotopic (exact) mass is 252 g/mol. The molecule has 1 rings (SSSR count). The minimum Gasteiger partial charge on any atom is -0.389 e. The summed E-state index contributed by atoms with van der Waals surface area (Å²) in [5.74, 6) is -0.457. The topological polar surface area (TPSA) is 20.2 Å². The Hall–Kier alpha value is -0.120. The SMILES string of the molecule is C[C@@H](O)c1cc(Cl)c(Br)cc1F. The third-order valence-corrected chi connectivity index (χ3v) is 2.69. The number of hydrogen-bond donors (Lipinski definition) is 1. The normalized spacial score (nSPS) is 13.1. The molecule has 66 valence electrons. The first-order chi connectivity index (χ1) is 5.52. The third kappa shape index (κ3) is 1.97. The van der Waals surface area contributed by atoms with Crippen LogP contribution in [0.4, 0.5) is 4.39 Å². The van der Waals surface area contributed by atoms with E-state index in [0.717, 1.165) is 0 Å². The van der Waals surface area contributed by atoms with Crippen LogP contribution in [0.15, 0.2) is 16.6 Å². The van der Waals surface area contributed by atoms with Crippen molar-refractivity contribution in [2.75, 3.05) is 0 Å². The first-order valence-corrected chi connectivity index (χ1v) is 4.52. The third-order valence-electron chi connectivity index (χ3n) is 1.49. The van der Waals surface area contributed by atoms with Gasteiger partial charge in [0.2, 0.25) is 0 Å². The van der Waals surface area contributed by atoms with Gasteiger partial charge in [-0.1, -0.05) is 11.6 Å². The van der Waals surface area contributed by atoms with Crippen LogP contribution in [0.3, 0.4) is 0 Å². The predicted molar refractivity (Wildman–Crippen MR) is 49.7 cm³/mol. The molecule has 0 fully saturated rings. The molecular weight excluding hydrogens is 246 g/mol. The second-order valence-corrected chi connectivity index (χ2v) is 3.73. The van der Waals surface area contributed by atoms with Crippen LogP contribution in [0, 0.1) is 5.82 Å². The van der Waals surface area contributed by atoms with E-state index in [1.165, 1.54) is 19.1 Å². The number of halogens is 3. The van der Waals surface area contributed by atoms with E-state index in [-0.39, 0.29) is 5.56 Å². The van der Waals surface area contributed by atoms with E-state index in [2.05, 4.69) is 15.9 Å². The molecule has 1 aromatic rings. The van der Waals surface area contributed by atoms with E-state index in [1.807, 2.05) is 0 Å². The van der Waals surface area contributed by atoms with Crippen LogP contribution in [0.25, 0.3) is 0 Å². The Morgan fingerprint density at radius 2 is 2.17 bits per heavy atom. The Labute approximate surface area is 83.3 Å². The number of aliphatic hydroxyl groups is 1. The van der Waals surface area contributed by atoms with Gasteiger partial charge < -0.3 is 5.11 Å². The van der Waals surface area contributed by atoms with Crippen molar-refractivity contribution in [3.63, 3.8) is 0 Å². The van der Waals surface area contributed by atoms with Crippen molar-refractivity contribution in [2.45, 2.75) is 13.0 Å². The highest BCUT2D eigenvalue weighted by atomic mass is 79.9. The number of rotatable bonds is 1. The molecule has 0 unspecified atom stereocenters. The number of benzene rings is 1. The van der Waals surface area contributed by atoms with Gasteiger partial charge in [0.05, 0.1) is 11.1 Å². The molecule has 1 N–H and O–H groups in total. The largest absolute Gasteiger partial charge is 0.389 e. The molecule has 1 nitrogen and oxygen atoms in total. The van der Waals surface area contributed by atoms with Gasteiger partial charge in [0, 0.05) is 10.0 Å². The zero-order valence-electron chi connectivity index (χ0n) is 6.31. The molecule has 0 aliphatic heterocycles. The van der Waals surface area contributed by atoms with Crippen LogP contribution < -0.4 is 0 Å². The quantitative estimate of drug-likeness (QED) is 0.762. The van der Waals surface area contributed by atoms with Crippen molar-refractivity contribution in [3.8, 4) is 0 Å². The summed E-state index contributed by atoms with van der Waals surface area (Å²) >= 11 is 8.78. The first-order valence-electron chi connectivity index (χ1n) is 3.35. The second-order valence-electron chi connectivity index (χ2n) is 2.46. The van der Waals surface area contributed by atoms with E-state index in [1.54, 1.807) is 0 Å². The molecule has 0 radical (unpaired) electrons. The maximum Gasteiger partial charge on any atom is 0.130 e. The summed E-state index contributed by atoms with van der Waals surface area (Å²) in [4.78, 5) is 0. The lowest BCUT2D eigenvalue weighted by Gasteiger charge is -2.07. The fraction of sp³-hybridized carbons (Fsp3) is 0.250. The first kappa shape index (κ1) is 9.96. The van der Waals surface area contributed by atoms with Gasteiger partial charge in [-0.05, 0) is 35.0 Å². The minimum absolute atomic E-state index is 0.211. The zero-order valence-corrected chi connectivity index (χ0v) is 8.66. The van der Waals surface area contributed by atoms with Crippen molar-refractivity contribution in [1.29, 1.82) is 0 Å². The Morgan fingerprint density at radius 3 is 2.67 bits per heavy atom. The minimum atomic E-state index is -0.837. The Kier molecular flexibility index (Phi) is 3.09. The number of hydrogen-bond acceptors (Lipinski definition) is 1. The molecule has 0 saturated carbocycles. The average molecular weight is 253 g/mol. The summed E-state index contributed by atoms with van der Waals surface area (Å²) < 4.78 is 13.5. The van der Waals surface area contributed by atoms with Gasteiger partial charge in [0.15, 0.2) is 0 Å². The van der Waals surface area contributed by atoms with Crippen LogP contribution in [0.1, 0.15) is 18.6 Å². The maximum atomic E-state index is 13.0. The van der Waals surface area contributed by atoms with Gasteiger partial charge in [-0.15, -0.1) is 0 Å². The van der Waals surface area contributed by atoms with E-state index in [4.69, 9.17) is 16.7 Å². The molecule has 0 saturated heterocycles. The van der Waals surface area contributed by atoms with Gasteiger partial charge in [0.25, 0.3) is 0 Å². The summed E-state index contributed by atoms with van der Waals surface area (Å²) in [6.07, 6.45) is -0.837. The summed E-state index contributed by atoms with van der Waals surface area (Å²) in [6, 6.07) is 2.65. The van der Waals surface area contributed by atoms with Gasteiger partial charge >= 0.3 is 0 Å². The highest BCUT2D eigenvalue weighted by Gasteiger charge is 2.10. The lowest BCUT2D eigenvalue weighted by molar-refractivity contribution is 0.194. The molecule has 1 aromatic carbocycles. The van der Waals surface area contributed by atoms with Gasteiger partial charge in [0.1, 0.15) is 5.82 Å². The smallest absolute Gasteiger partial charge is 0.130 e. The molecule has 0 spiro atoms. The molecule has 4 heteroatoms. The molecule has 0 aliphatic rings. The Morgan fingerprint density at radius 1 is 1.58 bits per heavy atom. The lowest BCUT2D eigenvalue weighted by Crippen LogP contribution is -1.95. The molecule has 0 bridgehead atoms. The van der Waals surface area contributed by atoms with Crippen molar-refractivity contribution >= 4 is 27.5 Å². The summed E-state index contributed by atoms with van der Waals surface area (Å²) in [6.45, 7) is 1.49. The predicted octanol–water partition coefficient (Wildman–Crippen LogP) is 3.29. The molecule has 0 amide bonds. The van der Waals surface area contributed by atoms with Gasteiger partial charge in [-0.2, -0.15) is 0 Å². The highest BCUT2D eigenvalue weighted by Crippen LogP contribution is 2.28. The molecular formula is C8H7BrClFO. The van der Waals surface area contributed by atoms with E-state index >= 15 is 0 Å². The van der Waals surface area contributed by atoms with Crippen LogP contribution >= 0.6 is 27.5 Å². The van der Waals surface area contributed by atoms with E-state index < -0.39 is 11.9 Å². The Balaban J connectivity index is 3.23. The number of aliphatic hydroxyl groups excluding tert-OH is 1. The summed E-state index contributed by atoms with van der Waals surface area (Å²) in [5.41, 5.74) is 0.211. The van der Waals surface area contributed by atoms with E-state index in [0.29, 0.717) is 9.50 Å². The highest BCUT2D eigenvalue weighted by molar-refractivity contribution is 9.10. The van der Waals surface area contributed by atoms with Crippen LogP contribution in [0.5, 0.6) is 0 Å². The van der Waals surface area contributed by atoms with Crippen molar-refractivity contribution in [1.82, 2.24) is 0 Å². The van der Waals surface area contributed by atoms with Crippen molar-refractivity contribution in [3.05, 3.63) is 33.0 Å². The average Bonchev–Trinajstić information content (AvgIpc) is 1.96. The summed E-state index contributed by atoms with van der Waals surface area (Å²) in [7, 11) is 0. The standard InChI is InChI=1S/C8H7BrClFO/c1-4(12)5-2-7(10)6(9)3-8(5)11/h2-4,12H,1H3/t4-/m1/s1.